The smallest absolute Gasteiger partial charge is 0.376 e. The molecule has 1 heterocycles. The Morgan fingerprint density at radius 1 is 1.48 bits per heavy atom. The highest BCUT2D eigenvalue weighted by Crippen LogP contribution is 2.40. The van der Waals surface area contributed by atoms with Crippen molar-refractivity contribution in [3.8, 4) is 0 Å². The molecule has 11 heteroatoms. The van der Waals surface area contributed by atoms with Crippen molar-refractivity contribution in [1.82, 2.24) is 5.32 Å². The molecular formula is C10H21BNO8P. The van der Waals surface area contributed by atoms with Crippen molar-refractivity contribution in [2.75, 3.05) is 20.8 Å². The van der Waals surface area contributed by atoms with Crippen molar-refractivity contribution in [1.29, 1.82) is 0 Å². The average Bonchev–Trinajstić information content (AvgIpc) is 2.70. The van der Waals surface area contributed by atoms with E-state index in [1.807, 2.05) is 0 Å². The van der Waals surface area contributed by atoms with Gasteiger partial charge in [-0.2, -0.15) is 0 Å². The van der Waals surface area contributed by atoms with E-state index in [1.165, 1.54) is 21.1 Å². The number of rotatable bonds is 7. The molecule has 0 aromatic rings. The molecule has 1 unspecified atom stereocenters. The van der Waals surface area contributed by atoms with Crippen molar-refractivity contribution < 1.29 is 37.9 Å². The molecule has 0 radical (unpaired) electrons. The first-order chi connectivity index (χ1) is 9.69. The summed E-state index contributed by atoms with van der Waals surface area (Å²) in [7, 11) is 0.0227. The van der Waals surface area contributed by atoms with Crippen LogP contribution in [0.4, 0.5) is 0 Å². The molecular weight excluding hydrogens is 304 g/mol. The number of carbonyl (C=O) groups is 1. The van der Waals surface area contributed by atoms with E-state index in [0.29, 0.717) is 0 Å². The number of hydrogen-bond donors (Lipinski definition) is 3. The summed E-state index contributed by atoms with van der Waals surface area (Å²) in [6, 6.07) is -0.410. The third-order valence-electron chi connectivity index (χ3n) is 3.21. The monoisotopic (exact) mass is 325 g/mol. The normalized spacial score (nSPS) is 31.1. The van der Waals surface area contributed by atoms with Gasteiger partial charge >= 0.3 is 7.82 Å². The van der Waals surface area contributed by atoms with Crippen LogP contribution in [0, 0.1) is 0 Å². The zero-order valence-electron chi connectivity index (χ0n) is 12.4. The van der Waals surface area contributed by atoms with Gasteiger partial charge in [0.05, 0.1) is 12.1 Å². The van der Waals surface area contributed by atoms with E-state index in [0.717, 1.165) is 0 Å². The fourth-order valence-corrected chi connectivity index (χ4v) is 2.81. The minimum Gasteiger partial charge on any atom is -0.376 e. The first-order valence-corrected chi connectivity index (χ1v) is 7.97. The first kappa shape index (κ1) is 18.6. The van der Waals surface area contributed by atoms with Gasteiger partial charge in [-0.15, -0.1) is 0 Å². The van der Waals surface area contributed by atoms with Gasteiger partial charge in [-0.25, -0.2) is 4.57 Å². The summed E-state index contributed by atoms with van der Waals surface area (Å²) in [4.78, 5) is 28.9. The molecule has 9 nitrogen and oxygen atoms in total. The number of methoxy groups -OCH3 is 1. The van der Waals surface area contributed by atoms with Gasteiger partial charge in [-0.1, -0.05) is 0 Å². The van der Waals surface area contributed by atoms with Gasteiger partial charge in [0.15, 0.2) is 0 Å². The summed E-state index contributed by atoms with van der Waals surface area (Å²) in [5.41, 5.74) is 0. The Morgan fingerprint density at radius 3 is 2.57 bits per heavy atom. The zero-order valence-corrected chi connectivity index (χ0v) is 13.3. The molecule has 0 aromatic carbocycles. The van der Waals surface area contributed by atoms with Crippen LogP contribution >= 0.6 is 7.82 Å². The molecule has 0 saturated carbocycles. The van der Waals surface area contributed by atoms with E-state index in [4.69, 9.17) is 24.0 Å². The van der Waals surface area contributed by atoms with Gasteiger partial charge in [0.25, 0.3) is 0 Å². The summed E-state index contributed by atoms with van der Waals surface area (Å²) in [5.74, 6) is -0.292. The van der Waals surface area contributed by atoms with Crippen molar-refractivity contribution >= 4 is 21.6 Å². The fraction of sp³-hybridized carbons (Fsp3) is 0.900. The van der Waals surface area contributed by atoms with Gasteiger partial charge < -0.3 is 29.3 Å². The first-order valence-electron chi connectivity index (χ1n) is 6.44. The molecule has 1 aliphatic heterocycles. The molecule has 1 aliphatic rings. The number of carbonyl (C=O) groups excluding carboxylic acids is 1. The van der Waals surface area contributed by atoms with E-state index in [-0.39, 0.29) is 12.5 Å². The van der Waals surface area contributed by atoms with Crippen LogP contribution in [0.15, 0.2) is 0 Å². The maximum Gasteiger partial charge on any atom is 0.469 e. The topological polar surface area (TPSA) is 124 Å². The lowest BCUT2D eigenvalue weighted by molar-refractivity contribution is -0.130. The second-order valence-electron chi connectivity index (χ2n) is 4.76. The number of phosphoric acid groups is 1. The molecule has 0 aromatic heterocycles. The lowest BCUT2D eigenvalue weighted by Crippen LogP contribution is -2.42. The van der Waals surface area contributed by atoms with E-state index in [1.54, 1.807) is 7.85 Å². The molecule has 5 atom stereocenters. The second-order valence-corrected chi connectivity index (χ2v) is 5.95. The predicted molar refractivity (Wildman–Crippen MR) is 74.4 cm³/mol. The lowest BCUT2D eigenvalue weighted by atomic mass is 9.92. The highest BCUT2D eigenvalue weighted by molar-refractivity contribution is 7.46. The molecule has 21 heavy (non-hydrogen) atoms. The maximum absolute atomic E-state index is 11.2. The summed E-state index contributed by atoms with van der Waals surface area (Å²) in [6.45, 7) is 1.32. The molecule has 1 rings (SSSR count). The van der Waals surface area contributed by atoms with Crippen molar-refractivity contribution in [2.45, 2.75) is 37.3 Å². The standard InChI is InChI=1S/C10H21BNO8P/c1-5(20-21(14,15)16)7-8(17-3)9(10(11)19-7)18-4-6(13)12-2/h5,7-10H,4,11H2,1-3H3,(H,12,13)(H2,14,15,16)/t5?,7-,8-,9-,10-/m1/s1. The minimum atomic E-state index is -4.63. The van der Waals surface area contributed by atoms with Gasteiger partial charge in [0.1, 0.15) is 32.8 Å². The third kappa shape index (κ3) is 5.34. The maximum atomic E-state index is 11.2. The number of ether oxygens (including phenoxy) is 3. The summed E-state index contributed by atoms with van der Waals surface area (Å²) in [6.07, 6.45) is -2.76. The summed E-state index contributed by atoms with van der Waals surface area (Å²) >= 11 is 0. The zero-order chi connectivity index (χ0) is 16.2. The third-order valence-corrected chi connectivity index (χ3v) is 3.81. The molecule has 0 aliphatic carbocycles. The molecule has 1 saturated heterocycles. The van der Waals surface area contributed by atoms with Gasteiger partial charge in [-0.05, 0) is 6.92 Å². The average molecular weight is 325 g/mol. The van der Waals surface area contributed by atoms with Crippen molar-refractivity contribution in [3.05, 3.63) is 0 Å². The molecule has 3 N–H and O–H groups in total. The number of amides is 1. The Balaban J connectivity index is 2.71. The Morgan fingerprint density at radius 2 is 2.10 bits per heavy atom. The quantitative estimate of drug-likeness (QED) is 0.362. The SMILES string of the molecule is B[C@@H]1O[C@H](C(C)OP(=O)(O)O)[C@@H](OC)[C@H]1OCC(=O)NC. The van der Waals surface area contributed by atoms with Crippen LogP contribution in [0.3, 0.4) is 0 Å². The molecule has 0 bridgehead atoms. The lowest BCUT2D eigenvalue weighted by Gasteiger charge is -2.26. The predicted octanol–water partition coefficient (Wildman–Crippen LogP) is -2.01. The second kappa shape index (κ2) is 7.69. The summed E-state index contributed by atoms with van der Waals surface area (Å²) in [5, 5.41) is 2.43. The van der Waals surface area contributed by atoms with Gasteiger partial charge in [0, 0.05) is 14.2 Å². The van der Waals surface area contributed by atoms with Crippen LogP contribution in [-0.2, 0) is 28.1 Å². The Labute approximate surface area is 123 Å². The van der Waals surface area contributed by atoms with Crippen LogP contribution < -0.4 is 5.32 Å². The Hall–Kier alpha value is -0.475. The van der Waals surface area contributed by atoms with Crippen LogP contribution in [0.1, 0.15) is 6.92 Å². The summed E-state index contributed by atoms with van der Waals surface area (Å²) < 4.78 is 31.9. The molecule has 1 fully saturated rings. The molecule has 0 spiro atoms. The van der Waals surface area contributed by atoms with Gasteiger partial charge in [-0.3, -0.25) is 9.32 Å². The Kier molecular flexibility index (Phi) is 6.80. The number of likely N-dealkylation sites (N-methyl/N-ethyl adjacent to an activating group) is 1. The van der Waals surface area contributed by atoms with Crippen LogP contribution in [0.2, 0.25) is 0 Å². The number of hydrogen-bond acceptors (Lipinski definition) is 6. The molecule has 1 amide bonds. The van der Waals surface area contributed by atoms with E-state index in [2.05, 4.69) is 9.84 Å². The molecule has 122 valence electrons. The highest BCUT2D eigenvalue weighted by atomic mass is 31.2. The van der Waals surface area contributed by atoms with E-state index in [9.17, 15) is 9.36 Å². The minimum absolute atomic E-state index is 0.158. The Bertz CT molecular complexity index is 405. The number of phosphoric ester groups is 1. The van der Waals surface area contributed by atoms with Crippen molar-refractivity contribution in [3.63, 3.8) is 0 Å². The van der Waals surface area contributed by atoms with Crippen LogP contribution in [-0.4, -0.2) is 74.7 Å². The van der Waals surface area contributed by atoms with Crippen LogP contribution in [0.5, 0.6) is 0 Å². The van der Waals surface area contributed by atoms with E-state index < -0.39 is 38.2 Å². The largest absolute Gasteiger partial charge is 0.469 e. The fourth-order valence-electron chi connectivity index (χ4n) is 2.25. The van der Waals surface area contributed by atoms with Crippen molar-refractivity contribution in [2.24, 2.45) is 0 Å². The van der Waals surface area contributed by atoms with Crippen LogP contribution in [0.25, 0.3) is 0 Å². The van der Waals surface area contributed by atoms with E-state index >= 15 is 0 Å². The highest BCUT2D eigenvalue weighted by Gasteiger charge is 2.47. The van der Waals surface area contributed by atoms with Gasteiger partial charge in [0.2, 0.25) is 5.91 Å². The number of nitrogens with one attached hydrogen (secondary N) is 1.